The topological polar surface area (TPSA) is 49.4 Å². The average molecular weight is 311 g/mol. The van der Waals surface area contributed by atoms with Gasteiger partial charge in [-0.15, -0.1) is 0 Å². The van der Waals surface area contributed by atoms with Crippen LogP contribution in [-0.4, -0.2) is 36.3 Å². The van der Waals surface area contributed by atoms with Crippen LogP contribution >= 0.6 is 11.6 Å². The average Bonchev–Trinajstić information content (AvgIpc) is 3.19. The molecule has 0 spiro atoms. The van der Waals surface area contributed by atoms with E-state index in [-0.39, 0.29) is 35.3 Å². The number of hydrogen-bond acceptors (Lipinski definition) is 2. The molecule has 2 atom stereocenters. The summed E-state index contributed by atoms with van der Waals surface area (Å²) < 4.78 is 13.4. The Labute approximate surface area is 127 Å². The van der Waals surface area contributed by atoms with Crippen molar-refractivity contribution in [2.45, 2.75) is 18.4 Å². The van der Waals surface area contributed by atoms with Crippen molar-refractivity contribution < 1.29 is 14.0 Å². The van der Waals surface area contributed by atoms with Gasteiger partial charge in [-0.1, -0.05) is 24.2 Å². The second-order valence-electron chi connectivity index (χ2n) is 5.09. The Kier molecular flexibility index (Phi) is 4.63. The molecule has 1 aromatic rings. The first-order chi connectivity index (χ1) is 9.92. The minimum atomic E-state index is -0.456. The number of carbonyl (C=O) groups excluding carboxylic acids is 2. The third-order valence-corrected chi connectivity index (χ3v) is 3.75. The molecule has 0 unspecified atom stereocenters. The molecule has 1 aliphatic rings. The molecule has 1 aromatic carbocycles. The molecule has 1 saturated carbocycles. The van der Waals surface area contributed by atoms with E-state index in [0.29, 0.717) is 0 Å². The van der Waals surface area contributed by atoms with Crippen LogP contribution in [0.2, 0.25) is 5.02 Å². The Hall–Kier alpha value is -1.88. The molecule has 21 heavy (non-hydrogen) atoms. The van der Waals surface area contributed by atoms with Gasteiger partial charge in [-0.05, 0) is 30.2 Å². The zero-order chi connectivity index (χ0) is 15.6. The lowest BCUT2D eigenvalue weighted by atomic mass is 10.1. The highest BCUT2D eigenvalue weighted by Gasteiger charge is 2.39. The summed E-state index contributed by atoms with van der Waals surface area (Å²) in [7, 11) is 1.53. The molecule has 6 heteroatoms. The lowest BCUT2D eigenvalue weighted by molar-refractivity contribution is -0.131. The van der Waals surface area contributed by atoms with Gasteiger partial charge in [0.2, 0.25) is 11.8 Å². The molecule has 4 nitrogen and oxygen atoms in total. The van der Waals surface area contributed by atoms with E-state index in [0.717, 1.165) is 18.1 Å². The van der Waals surface area contributed by atoms with Crippen LogP contribution in [0.25, 0.3) is 0 Å². The van der Waals surface area contributed by atoms with Crippen LogP contribution in [-0.2, 0) is 9.59 Å². The van der Waals surface area contributed by atoms with Crippen molar-refractivity contribution in [3.8, 4) is 0 Å². The Morgan fingerprint density at radius 1 is 1.57 bits per heavy atom. The number of nitrogens with one attached hydrogen (secondary N) is 1. The molecule has 2 rings (SSSR count). The molecule has 2 amide bonds. The summed E-state index contributed by atoms with van der Waals surface area (Å²) in [6, 6.07) is 4.65. The van der Waals surface area contributed by atoms with Gasteiger partial charge >= 0.3 is 0 Å². The van der Waals surface area contributed by atoms with Crippen LogP contribution in [0.15, 0.2) is 30.9 Å². The standard InChI is InChI=1S/C15H16ClFN2O2/c1-3-15(21)19(2)8-14(20)18-13-7-10(13)9-4-5-11(16)12(17)6-9/h3-6,10,13H,1,7-8H2,2H3,(H,18,20)/t10-,13+/m0/s1. The Morgan fingerprint density at radius 2 is 2.29 bits per heavy atom. The Balaban J connectivity index is 1.86. The molecule has 1 aliphatic carbocycles. The number of rotatable bonds is 5. The van der Waals surface area contributed by atoms with Gasteiger partial charge in [-0.2, -0.15) is 0 Å². The second-order valence-corrected chi connectivity index (χ2v) is 5.50. The normalized spacial score (nSPS) is 19.8. The second kappa shape index (κ2) is 6.26. The Bertz CT molecular complexity index is 591. The van der Waals surface area contributed by atoms with Gasteiger partial charge in [-0.3, -0.25) is 9.59 Å². The van der Waals surface area contributed by atoms with Crippen molar-refractivity contribution >= 4 is 23.4 Å². The van der Waals surface area contributed by atoms with Crippen molar-refractivity contribution in [1.82, 2.24) is 10.2 Å². The van der Waals surface area contributed by atoms with Crippen LogP contribution in [0, 0.1) is 5.82 Å². The van der Waals surface area contributed by atoms with E-state index in [1.165, 1.54) is 24.1 Å². The first-order valence-electron chi connectivity index (χ1n) is 6.54. The van der Waals surface area contributed by atoms with Crippen molar-refractivity contribution in [2.24, 2.45) is 0 Å². The molecule has 112 valence electrons. The zero-order valence-electron chi connectivity index (χ0n) is 11.6. The van der Waals surface area contributed by atoms with E-state index in [1.807, 2.05) is 0 Å². The maximum Gasteiger partial charge on any atom is 0.246 e. The highest BCUT2D eigenvalue weighted by molar-refractivity contribution is 6.30. The molecule has 0 heterocycles. The summed E-state index contributed by atoms with van der Waals surface area (Å²) in [6.45, 7) is 3.34. The summed E-state index contributed by atoms with van der Waals surface area (Å²) in [4.78, 5) is 24.3. The minimum Gasteiger partial charge on any atom is -0.351 e. The highest BCUT2D eigenvalue weighted by Crippen LogP contribution is 2.41. The van der Waals surface area contributed by atoms with Gasteiger partial charge in [-0.25, -0.2) is 4.39 Å². The summed E-state index contributed by atoms with van der Waals surface area (Å²) in [6.07, 6.45) is 1.91. The van der Waals surface area contributed by atoms with E-state index in [2.05, 4.69) is 11.9 Å². The van der Waals surface area contributed by atoms with Gasteiger partial charge in [0.1, 0.15) is 5.82 Å². The first kappa shape index (κ1) is 15.5. The number of likely N-dealkylation sites (N-methyl/N-ethyl adjacent to an activating group) is 1. The van der Waals surface area contributed by atoms with Crippen LogP contribution in [0.4, 0.5) is 4.39 Å². The van der Waals surface area contributed by atoms with E-state index in [4.69, 9.17) is 11.6 Å². The third kappa shape index (κ3) is 3.82. The maximum atomic E-state index is 13.4. The number of carbonyl (C=O) groups is 2. The highest BCUT2D eigenvalue weighted by atomic mass is 35.5. The van der Waals surface area contributed by atoms with E-state index >= 15 is 0 Å². The predicted octanol–water partition coefficient (Wildman–Crippen LogP) is 2.10. The molecular formula is C15H16ClFN2O2. The van der Waals surface area contributed by atoms with E-state index < -0.39 is 5.82 Å². The molecule has 0 aromatic heterocycles. The number of hydrogen-bond donors (Lipinski definition) is 1. The van der Waals surface area contributed by atoms with Crippen molar-refractivity contribution in [3.05, 3.63) is 47.3 Å². The van der Waals surface area contributed by atoms with Gasteiger partial charge in [0.05, 0.1) is 11.6 Å². The monoisotopic (exact) mass is 310 g/mol. The quantitative estimate of drug-likeness (QED) is 0.847. The number of amides is 2. The maximum absolute atomic E-state index is 13.4. The van der Waals surface area contributed by atoms with Crippen molar-refractivity contribution in [2.75, 3.05) is 13.6 Å². The van der Waals surface area contributed by atoms with E-state index in [1.54, 1.807) is 6.07 Å². The van der Waals surface area contributed by atoms with Gasteiger partial charge in [0.25, 0.3) is 0 Å². The molecule has 0 saturated heterocycles. The lowest BCUT2D eigenvalue weighted by Crippen LogP contribution is -2.38. The van der Waals surface area contributed by atoms with Gasteiger partial charge < -0.3 is 10.2 Å². The molecule has 0 radical (unpaired) electrons. The van der Waals surface area contributed by atoms with Gasteiger partial charge in [0, 0.05) is 19.0 Å². The summed E-state index contributed by atoms with van der Waals surface area (Å²) >= 11 is 5.64. The van der Waals surface area contributed by atoms with Crippen molar-refractivity contribution in [1.29, 1.82) is 0 Å². The predicted molar refractivity (Wildman–Crippen MR) is 78.5 cm³/mol. The lowest BCUT2D eigenvalue weighted by Gasteiger charge is -2.14. The van der Waals surface area contributed by atoms with Gasteiger partial charge in [0.15, 0.2) is 0 Å². The number of halogens is 2. The fourth-order valence-electron chi connectivity index (χ4n) is 2.17. The molecule has 1 fully saturated rings. The fourth-order valence-corrected chi connectivity index (χ4v) is 2.29. The molecule has 1 N–H and O–H groups in total. The molecule has 0 aliphatic heterocycles. The SMILES string of the molecule is C=CC(=O)N(C)CC(=O)N[C@@H]1C[C@H]1c1ccc(Cl)c(F)c1. The first-order valence-corrected chi connectivity index (χ1v) is 6.92. The fraction of sp³-hybridized carbons (Fsp3) is 0.333. The minimum absolute atomic E-state index is 0.0229. The number of nitrogens with zero attached hydrogens (tertiary/aromatic N) is 1. The summed E-state index contributed by atoms with van der Waals surface area (Å²) in [5.41, 5.74) is 0.817. The largest absolute Gasteiger partial charge is 0.351 e. The third-order valence-electron chi connectivity index (χ3n) is 3.44. The number of benzene rings is 1. The van der Waals surface area contributed by atoms with Crippen LogP contribution < -0.4 is 5.32 Å². The van der Waals surface area contributed by atoms with Crippen molar-refractivity contribution in [3.63, 3.8) is 0 Å². The summed E-state index contributed by atoms with van der Waals surface area (Å²) in [5, 5.41) is 2.91. The molecule has 0 bridgehead atoms. The Morgan fingerprint density at radius 3 is 2.90 bits per heavy atom. The van der Waals surface area contributed by atoms with Crippen LogP contribution in [0.3, 0.4) is 0 Å². The zero-order valence-corrected chi connectivity index (χ0v) is 12.4. The molecular weight excluding hydrogens is 295 g/mol. The smallest absolute Gasteiger partial charge is 0.246 e. The van der Waals surface area contributed by atoms with Crippen LogP contribution in [0.1, 0.15) is 17.9 Å². The summed E-state index contributed by atoms with van der Waals surface area (Å²) in [5.74, 6) is -0.907. The van der Waals surface area contributed by atoms with E-state index in [9.17, 15) is 14.0 Å². The van der Waals surface area contributed by atoms with Crippen LogP contribution in [0.5, 0.6) is 0 Å².